The van der Waals surface area contributed by atoms with Gasteiger partial charge in [-0.2, -0.15) is 0 Å². The van der Waals surface area contributed by atoms with Crippen molar-refractivity contribution in [2.45, 2.75) is 0 Å². The standard InChI is InChI=1S/C15H12FNO4/c16-10-2-1-3-12(6-10)19-8-15(18)17-11-4-5-13-14(7-11)21-9-20-13/h1-7H,8-9H2,(H,17,18). The number of amides is 1. The highest BCUT2D eigenvalue weighted by molar-refractivity contribution is 5.92. The Morgan fingerprint density at radius 1 is 1.19 bits per heavy atom. The molecule has 0 fully saturated rings. The van der Waals surface area contributed by atoms with Crippen LogP contribution in [0.1, 0.15) is 0 Å². The van der Waals surface area contributed by atoms with Gasteiger partial charge in [-0.05, 0) is 24.3 Å². The van der Waals surface area contributed by atoms with Crippen LogP contribution < -0.4 is 19.5 Å². The van der Waals surface area contributed by atoms with Crippen molar-refractivity contribution in [2.75, 3.05) is 18.7 Å². The number of halogens is 1. The molecule has 0 aliphatic carbocycles. The van der Waals surface area contributed by atoms with Crippen molar-refractivity contribution in [3.8, 4) is 17.2 Å². The van der Waals surface area contributed by atoms with Gasteiger partial charge in [-0.25, -0.2) is 4.39 Å². The third-order valence-electron chi connectivity index (χ3n) is 2.82. The Hall–Kier alpha value is -2.76. The van der Waals surface area contributed by atoms with Gasteiger partial charge in [-0.15, -0.1) is 0 Å². The summed E-state index contributed by atoms with van der Waals surface area (Å²) in [5, 5.41) is 2.66. The number of hydrogen-bond donors (Lipinski definition) is 1. The topological polar surface area (TPSA) is 56.8 Å². The average molecular weight is 289 g/mol. The molecular formula is C15H12FNO4. The first-order valence-corrected chi connectivity index (χ1v) is 6.28. The third-order valence-corrected chi connectivity index (χ3v) is 2.82. The van der Waals surface area contributed by atoms with E-state index in [-0.39, 0.29) is 19.3 Å². The van der Waals surface area contributed by atoms with Crippen LogP contribution in [-0.2, 0) is 4.79 Å². The smallest absolute Gasteiger partial charge is 0.262 e. The summed E-state index contributed by atoms with van der Waals surface area (Å²) in [7, 11) is 0. The molecule has 0 bridgehead atoms. The zero-order chi connectivity index (χ0) is 14.7. The van der Waals surface area contributed by atoms with Gasteiger partial charge in [0.1, 0.15) is 11.6 Å². The van der Waals surface area contributed by atoms with E-state index in [1.807, 2.05) is 0 Å². The maximum atomic E-state index is 13.0. The summed E-state index contributed by atoms with van der Waals surface area (Å²) in [6, 6.07) is 10.7. The van der Waals surface area contributed by atoms with Gasteiger partial charge in [-0.1, -0.05) is 6.07 Å². The first-order valence-electron chi connectivity index (χ1n) is 6.28. The quantitative estimate of drug-likeness (QED) is 0.940. The summed E-state index contributed by atoms with van der Waals surface area (Å²) in [6.07, 6.45) is 0. The van der Waals surface area contributed by atoms with E-state index < -0.39 is 5.82 Å². The van der Waals surface area contributed by atoms with Gasteiger partial charge in [0.2, 0.25) is 6.79 Å². The molecule has 2 aromatic carbocycles. The Balaban J connectivity index is 1.57. The molecule has 1 amide bonds. The number of fused-ring (bicyclic) bond motifs is 1. The van der Waals surface area contributed by atoms with E-state index in [9.17, 15) is 9.18 Å². The lowest BCUT2D eigenvalue weighted by atomic mass is 10.3. The Labute approximate surface area is 120 Å². The fourth-order valence-corrected chi connectivity index (χ4v) is 1.88. The van der Waals surface area contributed by atoms with Crippen LogP contribution in [0.2, 0.25) is 0 Å². The van der Waals surface area contributed by atoms with E-state index in [1.165, 1.54) is 18.2 Å². The molecule has 0 saturated heterocycles. The molecule has 21 heavy (non-hydrogen) atoms. The summed E-state index contributed by atoms with van der Waals surface area (Å²) < 4.78 is 28.6. The van der Waals surface area contributed by atoms with Crippen molar-refractivity contribution < 1.29 is 23.4 Å². The molecule has 0 atom stereocenters. The van der Waals surface area contributed by atoms with E-state index in [0.29, 0.717) is 22.9 Å². The number of ether oxygens (including phenoxy) is 3. The van der Waals surface area contributed by atoms with Gasteiger partial charge in [0.25, 0.3) is 5.91 Å². The maximum Gasteiger partial charge on any atom is 0.262 e. The lowest BCUT2D eigenvalue weighted by Crippen LogP contribution is -2.20. The van der Waals surface area contributed by atoms with Crippen LogP contribution in [0, 0.1) is 5.82 Å². The van der Waals surface area contributed by atoms with Gasteiger partial charge in [0, 0.05) is 17.8 Å². The van der Waals surface area contributed by atoms with E-state index in [0.717, 1.165) is 0 Å². The minimum Gasteiger partial charge on any atom is -0.484 e. The molecule has 0 saturated carbocycles. The van der Waals surface area contributed by atoms with Crippen molar-refractivity contribution in [3.05, 3.63) is 48.3 Å². The first kappa shape index (κ1) is 13.2. The molecule has 0 spiro atoms. The molecule has 0 radical (unpaired) electrons. The molecule has 6 heteroatoms. The molecule has 3 rings (SSSR count). The maximum absolute atomic E-state index is 13.0. The summed E-state index contributed by atoms with van der Waals surface area (Å²) >= 11 is 0. The van der Waals surface area contributed by atoms with Gasteiger partial charge in [0.05, 0.1) is 0 Å². The van der Waals surface area contributed by atoms with Crippen molar-refractivity contribution in [1.29, 1.82) is 0 Å². The largest absolute Gasteiger partial charge is 0.484 e. The summed E-state index contributed by atoms with van der Waals surface area (Å²) in [4.78, 5) is 11.8. The van der Waals surface area contributed by atoms with E-state index >= 15 is 0 Å². The molecule has 1 heterocycles. The van der Waals surface area contributed by atoms with E-state index in [2.05, 4.69) is 5.32 Å². The van der Waals surface area contributed by atoms with Crippen molar-refractivity contribution in [3.63, 3.8) is 0 Å². The van der Waals surface area contributed by atoms with Crippen LogP contribution >= 0.6 is 0 Å². The fourth-order valence-electron chi connectivity index (χ4n) is 1.88. The Morgan fingerprint density at radius 3 is 2.90 bits per heavy atom. The number of anilines is 1. The van der Waals surface area contributed by atoms with Crippen LogP contribution in [0.3, 0.4) is 0 Å². The van der Waals surface area contributed by atoms with E-state index in [4.69, 9.17) is 14.2 Å². The van der Waals surface area contributed by atoms with Crippen LogP contribution in [0.4, 0.5) is 10.1 Å². The second kappa shape index (κ2) is 5.70. The molecule has 1 N–H and O–H groups in total. The minimum atomic E-state index is -0.413. The molecule has 0 unspecified atom stereocenters. The highest BCUT2D eigenvalue weighted by Gasteiger charge is 2.14. The van der Waals surface area contributed by atoms with Gasteiger partial charge in [0.15, 0.2) is 18.1 Å². The lowest BCUT2D eigenvalue weighted by Gasteiger charge is -2.08. The molecular weight excluding hydrogens is 277 g/mol. The first-order chi connectivity index (χ1) is 10.2. The normalized spacial score (nSPS) is 12.0. The van der Waals surface area contributed by atoms with Crippen molar-refractivity contribution >= 4 is 11.6 Å². The van der Waals surface area contributed by atoms with Crippen LogP contribution in [0.5, 0.6) is 17.2 Å². The number of rotatable bonds is 4. The average Bonchev–Trinajstić information content (AvgIpc) is 2.93. The molecule has 2 aromatic rings. The zero-order valence-corrected chi connectivity index (χ0v) is 11.0. The zero-order valence-electron chi connectivity index (χ0n) is 11.0. The Morgan fingerprint density at radius 2 is 2.05 bits per heavy atom. The van der Waals surface area contributed by atoms with Crippen molar-refractivity contribution in [1.82, 2.24) is 0 Å². The minimum absolute atomic E-state index is 0.176. The second-order valence-corrected chi connectivity index (χ2v) is 4.36. The fraction of sp³-hybridized carbons (Fsp3) is 0.133. The molecule has 1 aliphatic rings. The Kier molecular flexibility index (Phi) is 3.59. The van der Waals surface area contributed by atoms with Gasteiger partial charge in [-0.3, -0.25) is 4.79 Å². The number of benzene rings is 2. The highest BCUT2D eigenvalue weighted by atomic mass is 19.1. The summed E-state index contributed by atoms with van der Waals surface area (Å²) in [6.45, 7) is -0.0344. The van der Waals surface area contributed by atoms with Crippen LogP contribution in [0.25, 0.3) is 0 Å². The molecule has 5 nitrogen and oxygen atoms in total. The molecule has 1 aliphatic heterocycles. The summed E-state index contributed by atoms with van der Waals surface area (Å²) in [5.41, 5.74) is 0.576. The van der Waals surface area contributed by atoms with Crippen LogP contribution in [0.15, 0.2) is 42.5 Å². The number of carbonyl (C=O) groups excluding carboxylic acids is 1. The lowest BCUT2D eigenvalue weighted by molar-refractivity contribution is -0.118. The SMILES string of the molecule is O=C(COc1cccc(F)c1)Nc1ccc2c(c1)OCO2. The number of nitrogens with one attached hydrogen (secondary N) is 1. The second-order valence-electron chi connectivity index (χ2n) is 4.36. The third kappa shape index (κ3) is 3.22. The van der Waals surface area contributed by atoms with Crippen LogP contribution in [-0.4, -0.2) is 19.3 Å². The monoisotopic (exact) mass is 289 g/mol. The predicted molar refractivity (Wildman–Crippen MR) is 73.1 cm³/mol. The summed E-state index contributed by atoms with van der Waals surface area (Å²) in [5.74, 6) is 0.764. The highest BCUT2D eigenvalue weighted by Crippen LogP contribution is 2.34. The number of hydrogen-bond acceptors (Lipinski definition) is 4. The van der Waals surface area contributed by atoms with E-state index in [1.54, 1.807) is 24.3 Å². The molecule has 0 aromatic heterocycles. The molecule has 108 valence electrons. The van der Waals surface area contributed by atoms with Crippen molar-refractivity contribution in [2.24, 2.45) is 0 Å². The Bertz CT molecular complexity index is 674. The number of carbonyl (C=O) groups is 1. The van der Waals surface area contributed by atoms with Gasteiger partial charge >= 0.3 is 0 Å². The van der Waals surface area contributed by atoms with Gasteiger partial charge < -0.3 is 19.5 Å². The predicted octanol–water partition coefficient (Wildman–Crippen LogP) is 2.57.